The number of hydrogen-bond acceptors (Lipinski definition) is 4. The molecule has 0 aliphatic carbocycles. The van der Waals surface area contributed by atoms with E-state index in [4.69, 9.17) is 9.47 Å². The van der Waals surface area contributed by atoms with Gasteiger partial charge in [-0.1, -0.05) is 6.92 Å². The van der Waals surface area contributed by atoms with Gasteiger partial charge in [0.25, 0.3) is 0 Å². The normalized spacial score (nSPS) is 20.6. The van der Waals surface area contributed by atoms with Gasteiger partial charge in [0.2, 0.25) is 0 Å². The summed E-state index contributed by atoms with van der Waals surface area (Å²) < 4.78 is 11.4. The second kappa shape index (κ2) is 8.22. The van der Waals surface area contributed by atoms with Gasteiger partial charge in [-0.3, -0.25) is 4.98 Å². The fourth-order valence-corrected chi connectivity index (χ4v) is 2.71. The van der Waals surface area contributed by atoms with E-state index in [2.05, 4.69) is 23.3 Å². The van der Waals surface area contributed by atoms with Gasteiger partial charge in [-0.2, -0.15) is 0 Å². The van der Waals surface area contributed by atoms with Crippen LogP contribution in [0.1, 0.15) is 51.1 Å². The Hall–Kier alpha value is -1.13. The highest BCUT2D eigenvalue weighted by Crippen LogP contribution is 2.26. The van der Waals surface area contributed by atoms with Gasteiger partial charge in [-0.25, -0.2) is 0 Å². The Labute approximate surface area is 121 Å². The summed E-state index contributed by atoms with van der Waals surface area (Å²) in [7, 11) is 0. The first-order chi connectivity index (χ1) is 9.83. The highest BCUT2D eigenvalue weighted by molar-refractivity contribution is 5.26. The lowest BCUT2D eigenvalue weighted by Gasteiger charge is -2.27. The van der Waals surface area contributed by atoms with Crippen LogP contribution in [0.2, 0.25) is 0 Å². The van der Waals surface area contributed by atoms with Crippen LogP contribution in [0, 0.1) is 0 Å². The molecule has 2 rings (SSSR count). The molecule has 1 fully saturated rings. The summed E-state index contributed by atoms with van der Waals surface area (Å²) in [5.74, 6) is 0.845. The van der Waals surface area contributed by atoms with Crippen molar-refractivity contribution in [3.63, 3.8) is 0 Å². The molecule has 0 aromatic carbocycles. The summed E-state index contributed by atoms with van der Waals surface area (Å²) in [6.07, 6.45) is 8.71. The van der Waals surface area contributed by atoms with Crippen molar-refractivity contribution in [3.8, 4) is 5.75 Å². The molecule has 4 nitrogen and oxygen atoms in total. The van der Waals surface area contributed by atoms with Crippen LogP contribution in [0.4, 0.5) is 0 Å². The average molecular weight is 278 g/mol. The van der Waals surface area contributed by atoms with Crippen molar-refractivity contribution in [2.45, 2.75) is 51.7 Å². The summed E-state index contributed by atoms with van der Waals surface area (Å²) in [5.41, 5.74) is 1.19. The molecule has 1 saturated heterocycles. The van der Waals surface area contributed by atoms with Gasteiger partial charge in [-0.05, 0) is 50.8 Å². The van der Waals surface area contributed by atoms with Crippen LogP contribution in [-0.4, -0.2) is 30.8 Å². The topological polar surface area (TPSA) is 43.4 Å². The van der Waals surface area contributed by atoms with E-state index in [1.807, 2.05) is 13.1 Å². The van der Waals surface area contributed by atoms with E-state index in [1.54, 1.807) is 6.20 Å². The second-order valence-corrected chi connectivity index (χ2v) is 5.22. The van der Waals surface area contributed by atoms with Crippen molar-refractivity contribution >= 4 is 0 Å². The monoisotopic (exact) mass is 278 g/mol. The van der Waals surface area contributed by atoms with Crippen LogP contribution < -0.4 is 10.1 Å². The van der Waals surface area contributed by atoms with Crippen LogP contribution >= 0.6 is 0 Å². The number of rotatable bonds is 7. The molecule has 1 aliphatic rings. The molecular weight excluding hydrogens is 252 g/mol. The molecule has 1 N–H and O–H groups in total. The molecule has 20 heavy (non-hydrogen) atoms. The molecule has 2 unspecified atom stereocenters. The van der Waals surface area contributed by atoms with Crippen molar-refractivity contribution in [3.05, 3.63) is 24.0 Å². The number of aromatic nitrogens is 1. The van der Waals surface area contributed by atoms with E-state index in [0.717, 1.165) is 25.3 Å². The molecule has 2 atom stereocenters. The van der Waals surface area contributed by atoms with Crippen LogP contribution in [0.5, 0.6) is 5.75 Å². The minimum Gasteiger partial charge on any atom is -0.492 e. The smallest absolute Gasteiger partial charge is 0.137 e. The lowest BCUT2D eigenvalue weighted by molar-refractivity contribution is 0.00510. The Morgan fingerprint density at radius 1 is 1.40 bits per heavy atom. The van der Waals surface area contributed by atoms with E-state index in [1.165, 1.54) is 24.8 Å². The van der Waals surface area contributed by atoms with Crippen molar-refractivity contribution in [2.24, 2.45) is 0 Å². The lowest BCUT2D eigenvalue weighted by atomic mass is 9.97. The SMILES string of the molecule is CCNC(CC1CCCCO1)c1cncc(OCC)c1. The Kier molecular flexibility index (Phi) is 6.27. The third-order valence-electron chi connectivity index (χ3n) is 3.67. The third kappa shape index (κ3) is 4.46. The Balaban J connectivity index is 2.04. The molecule has 1 aliphatic heterocycles. The number of ether oxygens (including phenoxy) is 2. The molecule has 112 valence electrons. The van der Waals surface area contributed by atoms with Gasteiger partial charge >= 0.3 is 0 Å². The molecule has 0 amide bonds. The number of nitrogens with zero attached hydrogens (tertiary/aromatic N) is 1. The zero-order chi connectivity index (χ0) is 14.2. The highest BCUT2D eigenvalue weighted by Gasteiger charge is 2.20. The standard InChI is InChI=1S/C16H26N2O2/c1-3-18-16(10-14-7-5-6-8-20-14)13-9-15(19-4-2)12-17-11-13/h9,11-12,14,16,18H,3-8,10H2,1-2H3. The minimum atomic E-state index is 0.288. The van der Waals surface area contributed by atoms with Crippen LogP contribution in [0.25, 0.3) is 0 Å². The number of pyridine rings is 1. The van der Waals surface area contributed by atoms with Gasteiger partial charge in [0.1, 0.15) is 5.75 Å². The molecule has 4 heteroatoms. The van der Waals surface area contributed by atoms with Crippen LogP contribution in [0.3, 0.4) is 0 Å². The molecule has 0 bridgehead atoms. The summed E-state index contributed by atoms with van der Waals surface area (Å²) in [4.78, 5) is 4.29. The van der Waals surface area contributed by atoms with Gasteiger partial charge in [0, 0.05) is 18.8 Å². The largest absolute Gasteiger partial charge is 0.492 e. The summed E-state index contributed by atoms with van der Waals surface area (Å²) in [5, 5.41) is 3.54. The average Bonchev–Trinajstić information content (AvgIpc) is 2.49. The molecule has 1 aromatic rings. The van der Waals surface area contributed by atoms with E-state index < -0.39 is 0 Å². The van der Waals surface area contributed by atoms with Gasteiger partial charge < -0.3 is 14.8 Å². The molecule has 1 aromatic heterocycles. The summed E-state index contributed by atoms with van der Waals surface area (Å²) in [6.45, 7) is 6.64. The second-order valence-electron chi connectivity index (χ2n) is 5.22. The maximum atomic E-state index is 5.86. The zero-order valence-corrected chi connectivity index (χ0v) is 12.6. The Bertz CT molecular complexity index is 392. The summed E-state index contributed by atoms with van der Waals surface area (Å²) in [6, 6.07) is 2.38. The maximum absolute atomic E-state index is 5.86. The molecule has 0 spiro atoms. The van der Waals surface area contributed by atoms with Gasteiger partial charge in [0.05, 0.1) is 18.9 Å². The summed E-state index contributed by atoms with van der Waals surface area (Å²) >= 11 is 0. The number of nitrogens with one attached hydrogen (secondary N) is 1. The maximum Gasteiger partial charge on any atom is 0.137 e. The first kappa shape index (κ1) is 15.3. The minimum absolute atomic E-state index is 0.288. The fraction of sp³-hybridized carbons (Fsp3) is 0.688. The molecular formula is C16H26N2O2. The van der Waals surface area contributed by atoms with Crippen molar-refractivity contribution in [2.75, 3.05) is 19.8 Å². The van der Waals surface area contributed by atoms with E-state index in [0.29, 0.717) is 12.7 Å². The van der Waals surface area contributed by atoms with Crippen molar-refractivity contribution in [1.82, 2.24) is 10.3 Å². The predicted molar refractivity (Wildman–Crippen MR) is 80.0 cm³/mol. The van der Waals surface area contributed by atoms with Gasteiger partial charge in [0.15, 0.2) is 0 Å². The Morgan fingerprint density at radius 2 is 2.30 bits per heavy atom. The predicted octanol–water partition coefficient (Wildman–Crippen LogP) is 3.09. The Morgan fingerprint density at radius 3 is 3.00 bits per heavy atom. The molecule has 0 saturated carbocycles. The highest BCUT2D eigenvalue weighted by atomic mass is 16.5. The quantitative estimate of drug-likeness (QED) is 0.832. The van der Waals surface area contributed by atoms with Crippen LogP contribution in [0.15, 0.2) is 18.5 Å². The van der Waals surface area contributed by atoms with Crippen molar-refractivity contribution < 1.29 is 9.47 Å². The van der Waals surface area contributed by atoms with E-state index in [9.17, 15) is 0 Å². The van der Waals surface area contributed by atoms with Crippen molar-refractivity contribution in [1.29, 1.82) is 0 Å². The van der Waals surface area contributed by atoms with E-state index >= 15 is 0 Å². The lowest BCUT2D eigenvalue weighted by Crippen LogP contribution is -2.28. The fourth-order valence-electron chi connectivity index (χ4n) is 2.71. The first-order valence-electron chi connectivity index (χ1n) is 7.76. The zero-order valence-electron chi connectivity index (χ0n) is 12.6. The van der Waals surface area contributed by atoms with Crippen LogP contribution in [-0.2, 0) is 4.74 Å². The van der Waals surface area contributed by atoms with E-state index in [-0.39, 0.29) is 6.04 Å². The first-order valence-corrected chi connectivity index (χ1v) is 7.76. The number of hydrogen-bond donors (Lipinski definition) is 1. The third-order valence-corrected chi connectivity index (χ3v) is 3.67. The molecule has 2 heterocycles. The van der Waals surface area contributed by atoms with Gasteiger partial charge in [-0.15, -0.1) is 0 Å². The molecule has 0 radical (unpaired) electrons.